The third-order valence-corrected chi connectivity index (χ3v) is 5.41. The number of aromatic carboxylic acids is 1. The Hall–Kier alpha value is -2.75. The second-order valence-corrected chi connectivity index (χ2v) is 7.89. The number of halogens is 2. The highest BCUT2D eigenvalue weighted by atomic mass is 35.5. The summed E-state index contributed by atoms with van der Waals surface area (Å²) in [6.45, 7) is 0. The predicted molar refractivity (Wildman–Crippen MR) is 101 cm³/mol. The molecular formula is C16H11Cl2N3O5S. The second-order valence-electron chi connectivity index (χ2n) is 5.36. The van der Waals surface area contributed by atoms with Crippen LogP contribution in [0.25, 0.3) is 10.9 Å². The van der Waals surface area contributed by atoms with Crippen LogP contribution >= 0.6 is 23.2 Å². The fourth-order valence-corrected chi connectivity index (χ4v) is 3.97. The molecule has 2 amide bonds. The minimum Gasteiger partial charge on any atom is -0.477 e. The number of benzene rings is 2. The van der Waals surface area contributed by atoms with Crippen LogP contribution in [0.4, 0.5) is 10.5 Å². The normalized spacial score (nSPS) is 11.3. The molecule has 0 aliphatic carbocycles. The van der Waals surface area contributed by atoms with Gasteiger partial charge < -0.3 is 15.4 Å². The van der Waals surface area contributed by atoms with E-state index in [1.165, 1.54) is 36.4 Å². The first-order chi connectivity index (χ1) is 12.7. The maximum atomic E-state index is 12.2. The molecular weight excluding hydrogens is 417 g/mol. The summed E-state index contributed by atoms with van der Waals surface area (Å²) in [6.07, 6.45) is 0. The molecule has 0 aliphatic heterocycles. The van der Waals surface area contributed by atoms with Crippen molar-refractivity contribution in [1.82, 2.24) is 9.71 Å². The minimum atomic E-state index is -4.14. The number of H-pyrrole nitrogens is 1. The van der Waals surface area contributed by atoms with Gasteiger partial charge in [0.1, 0.15) is 5.69 Å². The second kappa shape index (κ2) is 7.10. The van der Waals surface area contributed by atoms with Crippen LogP contribution in [-0.2, 0) is 10.0 Å². The largest absolute Gasteiger partial charge is 0.477 e. The summed E-state index contributed by atoms with van der Waals surface area (Å²) >= 11 is 12.0. The number of carbonyl (C=O) groups is 2. The Balaban J connectivity index is 1.98. The number of anilines is 1. The van der Waals surface area contributed by atoms with E-state index >= 15 is 0 Å². The predicted octanol–water partition coefficient (Wildman–Crippen LogP) is 3.68. The quantitative estimate of drug-likeness (QED) is 0.504. The van der Waals surface area contributed by atoms with Crippen LogP contribution < -0.4 is 10.0 Å². The van der Waals surface area contributed by atoms with Gasteiger partial charge in [0.2, 0.25) is 0 Å². The lowest BCUT2D eigenvalue weighted by molar-refractivity contribution is 0.0692. The van der Waals surface area contributed by atoms with Gasteiger partial charge in [0.15, 0.2) is 0 Å². The molecule has 0 fully saturated rings. The summed E-state index contributed by atoms with van der Waals surface area (Å²) in [5, 5.41) is 12.1. The molecule has 0 atom stereocenters. The van der Waals surface area contributed by atoms with Crippen molar-refractivity contribution in [3.8, 4) is 0 Å². The van der Waals surface area contributed by atoms with Gasteiger partial charge in [0.05, 0.1) is 21.1 Å². The summed E-state index contributed by atoms with van der Waals surface area (Å²) in [6, 6.07) is 8.89. The molecule has 2 aromatic carbocycles. The molecule has 0 saturated heterocycles. The van der Waals surface area contributed by atoms with Gasteiger partial charge >= 0.3 is 12.0 Å². The zero-order valence-corrected chi connectivity index (χ0v) is 15.6. The fourth-order valence-electron chi connectivity index (χ4n) is 2.45. The number of hydrogen-bond donors (Lipinski definition) is 4. The van der Waals surface area contributed by atoms with Crippen LogP contribution in [0.2, 0.25) is 10.0 Å². The molecule has 1 heterocycles. The Kier molecular flexibility index (Phi) is 5.01. The van der Waals surface area contributed by atoms with E-state index in [-0.39, 0.29) is 37.2 Å². The number of nitrogens with one attached hydrogen (secondary N) is 3. The number of carboxylic acid groups (broad SMARTS) is 1. The van der Waals surface area contributed by atoms with E-state index in [4.69, 9.17) is 23.2 Å². The lowest BCUT2D eigenvalue weighted by atomic mass is 10.2. The lowest BCUT2D eigenvalue weighted by Gasteiger charge is -2.09. The van der Waals surface area contributed by atoms with Crippen molar-refractivity contribution < 1.29 is 23.1 Å². The van der Waals surface area contributed by atoms with Gasteiger partial charge in [-0.3, -0.25) is 0 Å². The van der Waals surface area contributed by atoms with Gasteiger partial charge in [-0.15, -0.1) is 0 Å². The maximum absolute atomic E-state index is 12.2. The molecule has 0 bridgehead atoms. The van der Waals surface area contributed by atoms with Crippen molar-refractivity contribution in [2.75, 3.05) is 5.32 Å². The molecule has 0 spiro atoms. The van der Waals surface area contributed by atoms with E-state index in [1.54, 1.807) is 6.07 Å². The molecule has 0 saturated carbocycles. The number of amides is 2. The van der Waals surface area contributed by atoms with Crippen LogP contribution in [0.3, 0.4) is 0 Å². The lowest BCUT2D eigenvalue weighted by Crippen LogP contribution is -2.34. The Morgan fingerprint density at radius 3 is 2.37 bits per heavy atom. The van der Waals surface area contributed by atoms with Crippen molar-refractivity contribution in [2.45, 2.75) is 4.90 Å². The maximum Gasteiger partial charge on any atom is 0.354 e. The van der Waals surface area contributed by atoms with E-state index < -0.39 is 22.0 Å². The van der Waals surface area contributed by atoms with Crippen molar-refractivity contribution >= 4 is 61.8 Å². The van der Waals surface area contributed by atoms with E-state index in [0.29, 0.717) is 0 Å². The zero-order valence-electron chi connectivity index (χ0n) is 13.3. The van der Waals surface area contributed by atoms with Crippen LogP contribution in [0.15, 0.2) is 47.4 Å². The number of rotatable bonds is 4. The summed E-state index contributed by atoms with van der Waals surface area (Å²) in [5.74, 6) is -1.38. The van der Waals surface area contributed by atoms with Crippen molar-refractivity contribution in [3.63, 3.8) is 0 Å². The van der Waals surface area contributed by atoms with Gasteiger partial charge in [-0.2, -0.15) is 0 Å². The average Bonchev–Trinajstić information content (AvgIpc) is 2.93. The molecule has 0 aliphatic rings. The number of sulfonamides is 1. The van der Waals surface area contributed by atoms with Crippen molar-refractivity contribution in [3.05, 3.63) is 58.2 Å². The molecule has 4 N–H and O–H groups in total. The number of carboxylic acids is 1. The molecule has 0 unspecified atom stereocenters. The first-order valence-corrected chi connectivity index (χ1v) is 9.56. The molecule has 140 valence electrons. The van der Waals surface area contributed by atoms with Crippen LogP contribution in [0.5, 0.6) is 0 Å². The Bertz CT molecular complexity index is 1160. The van der Waals surface area contributed by atoms with E-state index in [9.17, 15) is 23.1 Å². The Labute approximate surface area is 163 Å². The smallest absolute Gasteiger partial charge is 0.354 e. The Morgan fingerprint density at radius 2 is 1.74 bits per heavy atom. The molecule has 27 heavy (non-hydrogen) atoms. The number of hydrogen-bond acceptors (Lipinski definition) is 4. The SMILES string of the molecule is O=C(Nc1c(C(=O)O)[nH]c2cc(Cl)cc(Cl)c12)NS(=O)(=O)c1ccccc1. The molecule has 1 aromatic heterocycles. The summed E-state index contributed by atoms with van der Waals surface area (Å²) < 4.78 is 26.3. The number of aromatic amines is 1. The van der Waals surface area contributed by atoms with Crippen LogP contribution in [0.1, 0.15) is 10.5 Å². The fraction of sp³-hybridized carbons (Fsp3) is 0. The topological polar surface area (TPSA) is 128 Å². The highest BCUT2D eigenvalue weighted by molar-refractivity contribution is 7.90. The van der Waals surface area contributed by atoms with E-state index in [0.717, 1.165) is 0 Å². The van der Waals surface area contributed by atoms with Crippen LogP contribution in [0, 0.1) is 0 Å². The number of aromatic nitrogens is 1. The van der Waals surface area contributed by atoms with Gasteiger partial charge in [-0.1, -0.05) is 41.4 Å². The monoisotopic (exact) mass is 427 g/mol. The highest BCUT2D eigenvalue weighted by Crippen LogP contribution is 2.36. The minimum absolute atomic E-state index is 0.0856. The third kappa shape index (κ3) is 3.85. The molecule has 0 radical (unpaired) electrons. The van der Waals surface area contributed by atoms with E-state index in [2.05, 4.69) is 10.3 Å². The zero-order chi connectivity index (χ0) is 19.8. The van der Waals surface area contributed by atoms with Crippen LogP contribution in [-0.4, -0.2) is 30.5 Å². The first-order valence-electron chi connectivity index (χ1n) is 7.32. The van der Waals surface area contributed by atoms with Gasteiger partial charge in [0, 0.05) is 10.4 Å². The number of fused-ring (bicyclic) bond motifs is 1. The standard InChI is InChI=1S/C16H11Cl2N3O5S/c17-8-6-10(18)12-11(7-8)19-14(15(22)23)13(12)20-16(24)21-27(25,26)9-4-2-1-3-5-9/h1-7,19H,(H,22,23)(H2,20,21,24). The molecule has 11 heteroatoms. The Morgan fingerprint density at radius 1 is 1.07 bits per heavy atom. The molecule has 3 aromatic rings. The van der Waals surface area contributed by atoms with E-state index in [1.807, 2.05) is 4.72 Å². The summed E-state index contributed by atoms with van der Waals surface area (Å²) in [4.78, 5) is 26.2. The van der Waals surface area contributed by atoms with Gasteiger partial charge in [-0.25, -0.2) is 22.7 Å². The highest BCUT2D eigenvalue weighted by Gasteiger charge is 2.24. The van der Waals surface area contributed by atoms with Gasteiger partial charge in [-0.05, 0) is 24.3 Å². The van der Waals surface area contributed by atoms with Crippen molar-refractivity contribution in [1.29, 1.82) is 0 Å². The van der Waals surface area contributed by atoms with Crippen molar-refractivity contribution in [2.24, 2.45) is 0 Å². The third-order valence-electron chi connectivity index (χ3n) is 3.55. The summed E-state index contributed by atoms with van der Waals surface area (Å²) in [7, 11) is -4.14. The average molecular weight is 428 g/mol. The number of urea groups is 1. The number of carbonyl (C=O) groups excluding carboxylic acids is 1. The van der Waals surface area contributed by atoms with Gasteiger partial charge in [0.25, 0.3) is 10.0 Å². The molecule has 8 nitrogen and oxygen atoms in total. The summed E-state index contributed by atoms with van der Waals surface area (Å²) in [5.41, 5.74) is -0.285. The first kappa shape index (κ1) is 19.0. The molecule has 3 rings (SSSR count).